The van der Waals surface area contributed by atoms with E-state index in [9.17, 15) is 5.21 Å². The molecule has 0 saturated carbocycles. The Hall–Kier alpha value is -2.12. The van der Waals surface area contributed by atoms with Crippen LogP contribution in [0.25, 0.3) is 0 Å². The largest absolute Gasteiger partial charge is 0.436 e. The maximum Gasteiger partial charge on any atom is 0.198 e. The third-order valence-electron chi connectivity index (χ3n) is 5.61. The van der Waals surface area contributed by atoms with Crippen molar-refractivity contribution in [1.29, 1.82) is 0 Å². The molecular weight excluding hydrogens is 382 g/mol. The molecule has 0 spiro atoms. The lowest BCUT2D eigenvalue weighted by atomic mass is 9.89. The third-order valence-corrected chi connectivity index (χ3v) is 6.23. The van der Waals surface area contributed by atoms with Gasteiger partial charge < -0.3 is 9.94 Å². The van der Waals surface area contributed by atoms with Gasteiger partial charge in [0.1, 0.15) is 0 Å². The number of nitrogens with one attached hydrogen (secondary N) is 1. The van der Waals surface area contributed by atoms with Crippen molar-refractivity contribution in [3.8, 4) is 0 Å². The lowest BCUT2D eigenvalue weighted by Crippen LogP contribution is -2.51. The number of fused-ring (bicyclic) bond motifs is 1. The summed E-state index contributed by atoms with van der Waals surface area (Å²) < 4.78 is 6.25. The van der Waals surface area contributed by atoms with Crippen molar-refractivity contribution in [3.05, 3.63) is 82.5 Å². The summed E-state index contributed by atoms with van der Waals surface area (Å²) in [6, 6.07) is 18.0. The van der Waals surface area contributed by atoms with Gasteiger partial charge in [-0.05, 0) is 42.4 Å². The number of hydrogen-bond acceptors (Lipinski definition) is 6. The third kappa shape index (κ3) is 4.41. The molecule has 2 aromatic carbocycles. The van der Waals surface area contributed by atoms with Crippen LogP contribution in [0.1, 0.15) is 22.7 Å². The summed E-state index contributed by atoms with van der Waals surface area (Å²) in [7, 11) is 0. The fourth-order valence-corrected chi connectivity index (χ4v) is 4.49. The number of rotatable bonds is 4. The molecule has 0 saturated heterocycles. The summed E-state index contributed by atoms with van der Waals surface area (Å²) in [6.45, 7) is 3.34. The van der Waals surface area contributed by atoms with Gasteiger partial charge >= 0.3 is 0 Å². The lowest BCUT2D eigenvalue weighted by Gasteiger charge is -2.40. The summed E-state index contributed by atoms with van der Waals surface area (Å²) in [6.07, 6.45) is 4.70. The lowest BCUT2D eigenvalue weighted by molar-refractivity contribution is -0.160. The zero-order valence-corrected chi connectivity index (χ0v) is 17.6. The van der Waals surface area contributed by atoms with E-state index in [2.05, 4.69) is 41.5 Å². The number of hydrogen-bond donors (Lipinski definition) is 2. The highest BCUT2D eigenvalue weighted by Crippen LogP contribution is 2.35. The molecule has 4 rings (SSSR count). The summed E-state index contributed by atoms with van der Waals surface area (Å²) in [5, 5.41) is 17.2. The average molecular weight is 410 g/mol. The zero-order valence-electron chi connectivity index (χ0n) is 16.8. The number of hydroxylamine groups is 2. The van der Waals surface area contributed by atoms with Gasteiger partial charge in [0.2, 0.25) is 0 Å². The number of ether oxygens (including phenoxy) is 1. The fourth-order valence-electron chi connectivity index (χ4n) is 4.05. The number of aliphatic imine (C=N–C) groups is 1. The zero-order chi connectivity index (χ0) is 20.2. The second-order valence-corrected chi connectivity index (χ2v) is 8.26. The van der Waals surface area contributed by atoms with Gasteiger partial charge in [0.15, 0.2) is 11.0 Å². The predicted octanol–water partition coefficient (Wildman–Crippen LogP) is 4.15. The molecule has 152 valence electrons. The molecule has 3 atom stereocenters. The molecule has 2 aromatic rings. The molecule has 0 radical (unpaired) electrons. The first-order chi connectivity index (χ1) is 14.2. The van der Waals surface area contributed by atoms with Crippen molar-refractivity contribution in [3.63, 3.8) is 0 Å². The number of aryl methyl sites for hydroxylation is 1. The van der Waals surface area contributed by atoms with Gasteiger partial charge in [-0.1, -0.05) is 66.4 Å². The SMILES string of the molecule is CSC1=CC(c2ccccc2C)N(O)C(Cc2ccccc2)C2CNCN=C2O1. The van der Waals surface area contributed by atoms with E-state index in [0.29, 0.717) is 19.0 Å². The van der Waals surface area contributed by atoms with Crippen LogP contribution in [0.5, 0.6) is 0 Å². The van der Waals surface area contributed by atoms with Crippen LogP contribution in [-0.2, 0) is 11.2 Å². The second kappa shape index (κ2) is 9.13. The fraction of sp³-hybridized carbons (Fsp3) is 0.348. The van der Waals surface area contributed by atoms with Crippen molar-refractivity contribution in [2.45, 2.75) is 25.4 Å². The maximum atomic E-state index is 11.6. The molecule has 6 heteroatoms. The van der Waals surface area contributed by atoms with Gasteiger partial charge in [-0.3, -0.25) is 5.32 Å². The smallest absolute Gasteiger partial charge is 0.198 e. The number of benzene rings is 2. The first kappa shape index (κ1) is 20.2. The van der Waals surface area contributed by atoms with Crippen LogP contribution in [0.2, 0.25) is 0 Å². The Labute approximate surface area is 176 Å². The van der Waals surface area contributed by atoms with E-state index in [-0.39, 0.29) is 18.0 Å². The number of thioether (sulfide) groups is 1. The Morgan fingerprint density at radius 3 is 2.69 bits per heavy atom. The molecule has 29 heavy (non-hydrogen) atoms. The van der Waals surface area contributed by atoms with Gasteiger partial charge in [0, 0.05) is 6.54 Å². The summed E-state index contributed by atoms with van der Waals surface area (Å²) in [4.78, 5) is 4.58. The highest BCUT2D eigenvalue weighted by Gasteiger charge is 2.39. The Bertz CT molecular complexity index is 900. The molecule has 3 unspecified atom stereocenters. The van der Waals surface area contributed by atoms with E-state index in [1.165, 1.54) is 22.4 Å². The average Bonchev–Trinajstić information content (AvgIpc) is 2.75. The van der Waals surface area contributed by atoms with Gasteiger partial charge in [-0.15, -0.1) is 0 Å². The first-order valence-electron chi connectivity index (χ1n) is 9.92. The van der Waals surface area contributed by atoms with Crippen LogP contribution in [0.3, 0.4) is 0 Å². The maximum absolute atomic E-state index is 11.6. The van der Waals surface area contributed by atoms with Crippen LogP contribution in [-0.4, -0.2) is 41.7 Å². The minimum absolute atomic E-state index is 0.0451. The van der Waals surface area contributed by atoms with Gasteiger partial charge in [-0.25, -0.2) is 4.99 Å². The number of nitrogens with zero attached hydrogens (tertiary/aromatic N) is 2. The van der Waals surface area contributed by atoms with Crippen LogP contribution >= 0.6 is 11.8 Å². The second-order valence-electron chi connectivity index (χ2n) is 7.45. The Kier molecular flexibility index (Phi) is 6.35. The van der Waals surface area contributed by atoms with E-state index in [4.69, 9.17) is 4.74 Å². The normalized spacial score (nSPS) is 25.1. The minimum Gasteiger partial charge on any atom is -0.436 e. The quantitative estimate of drug-likeness (QED) is 0.795. The standard InChI is InChI=1S/C23H27N3O2S/c1-16-8-6-7-11-18(16)21-13-22(29-2)28-23-19(14-24-15-25-23)20(26(21)27)12-17-9-4-3-5-10-17/h3-11,13,19-21,24,27H,12,14-15H2,1-2H3. The van der Waals surface area contributed by atoms with Crippen LogP contribution < -0.4 is 5.32 Å². The molecule has 5 nitrogen and oxygen atoms in total. The molecule has 0 amide bonds. The highest BCUT2D eigenvalue weighted by atomic mass is 32.2. The van der Waals surface area contributed by atoms with Crippen molar-refractivity contribution < 1.29 is 9.94 Å². The molecule has 0 fully saturated rings. The summed E-state index contributed by atoms with van der Waals surface area (Å²) in [5.74, 6) is 0.656. The summed E-state index contributed by atoms with van der Waals surface area (Å²) in [5.41, 5.74) is 3.40. The van der Waals surface area contributed by atoms with E-state index in [1.54, 1.807) is 0 Å². The molecule has 2 N–H and O–H groups in total. The van der Waals surface area contributed by atoms with E-state index >= 15 is 0 Å². The van der Waals surface area contributed by atoms with E-state index in [1.807, 2.05) is 42.7 Å². The van der Waals surface area contributed by atoms with Crippen molar-refractivity contribution in [1.82, 2.24) is 10.4 Å². The monoisotopic (exact) mass is 409 g/mol. The van der Waals surface area contributed by atoms with Crippen LogP contribution in [0.4, 0.5) is 0 Å². The van der Waals surface area contributed by atoms with Crippen LogP contribution in [0, 0.1) is 12.8 Å². The highest BCUT2D eigenvalue weighted by molar-refractivity contribution is 8.02. The molecule has 2 heterocycles. The van der Waals surface area contributed by atoms with Gasteiger partial charge in [-0.2, -0.15) is 5.06 Å². The Morgan fingerprint density at radius 2 is 1.93 bits per heavy atom. The molecule has 2 aliphatic heterocycles. The van der Waals surface area contributed by atoms with E-state index in [0.717, 1.165) is 22.8 Å². The first-order valence-corrected chi connectivity index (χ1v) is 11.1. The predicted molar refractivity (Wildman–Crippen MR) is 118 cm³/mol. The van der Waals surface area contributed by atoms with Crippen molar-refractivity contribution in [2.75, 3.05) is 19.5 Å². The van der Waals surface area contributed by atoms with Crippen molar-refractivity contribution >= 4 is 17.7 Å². The van der Waals surface area contributed by atoms with E-state index < -0.39 is 0 Å². The van der Waals surface area contributed by atoms with Crippen molar-refractivity contribution in [2.24, 2.45) is 10.9 Å². The topological polar surface area (TPSA) is 57.1 Å². The molecule has 2 aliphatic rings. The van der Waals surface area contributed by atoms with Gasteiger partial charge in [0.25, 0.3) is 0 Å². The Morgan fingerprint density at radius 1 is 1.17 bits per heavy atom. The van der Waals surface area contributed by atoms with Gasteiger partial charge in [0.05, 0.1) is 24.7 Å². The minimum atomic E-state index is -0.296. The molecule has 0 aromatic heterocycles. The molecular formula is C23H27N3O2S. The van der Waals surface area contributed by atoms with Crippen LogP contribution in [0.15, 0.2) is 70.8 Å². The molecule has 0 bridgehead atoms. The Balaban J connectivity index is 1.79. The summed E-state index contributed by atoms with van der Waals surface area (Å²) >= 11 is 1.54. The molecule has 0 aliphatic carbocycles.